The van der Waals surface area contributed by atoms with Crippen molar-refractivity contribution in [2.24, 2.45) is 0 Å². The van der Waals surface area contributed by atoms with Gasteiger partial charge in [0.15, 0.2) is 12.4 Å². The number of carbonyl (C=O) groups is 3. The molecule has 0 radical (unpaired) electrons. The summed E-state index contributed by atoms with van der Waals surface area (Å²) in [7, 11) is 3.32. The molecule has 0 fully saturated rings. The molecular weight excluding hydrogens is 416 g/mol. The molecule has 7 heteroatoms. The van der Waals surface area contributed by atoms with Crippen molar-refractivity contribution >= 4 is 34.9 Å². The number of amides is 2. The van der Waals surface area contributed by atoms with Crippen LogP contribution in [0.1, 0.15) is 26.3 Å². The van der Waals surface area contributed by atoms with Gasteiger partial charge in [-0.25, -0.2) is 0 Å². The number of hydrogen-bond donors (Lipinski definition) is 1. The Hall–Kier alpha value is -3.64. The third-order valence-corrected chi connectivity index (χ3v) is 4.64. The van der Waals surface area contributed by atoms with E-state index in [2.05, 4.69) is 5.32 Å². The molecule has 31 heavy (non-hydrogen) atoms. The lowest BCUT2D eigenvalue weighted by atomic mass is 10.0. The largest absolute Gasteiger partial charge is 0.484 e. The van der Waals surface area contributed by atoms with Gasteiger partial charge >= 0.3 is 0 Å². The quantitative estimate of drug-likeness (QED) is 0.560. The van der Waals surface area contributed by atoms with E-state index in [9.17, 15) is 14.4 Å². The van der Waals surface area contributed by atoms with Gasteiger partial charge in [0.1, 0.15) is 5.75 Å². The summed E-state index contributed by atoms with van der Waals surface area (Å²) in [5, 5.41) is 3.27. The zero-order valence-electron chi connectivity index (χ0n) is 17.1. The highest BCUT2D eigenvalue weighted by Crippen LogP contribution is 2.18. The van der Waals surface area contributed by atoms with Crippen molar-refractivity contribution in [1.29, 1.82) is 0 Å². The molecule has 0 aliphatic carbocycles. The summed E-state index contributed by atoms with van der Waals surface area (Å²) in [5.74, 6) is -0.191. The number of ether oxygens (including phenoxy) is 1. The van der Waals surface area contributed by atoms with Crippen molar-refractivity contribution in [2.75, 3.05) is 26.0 Å². The number of ketones is 1. The molecule has 6 nitrogen and oxygen atoms in total. The zero-order chi connectivity index (χ0) is 22.4. The van der Waals surface area contributed by atoms with Gasteiger partial charge in [-0.1, -0.05) is 17.7 Å². The van der Waals surface area contributed by atoms with E-state index in [1.807, 2.05) is 0 Å². The van der Waals surface area contributed by atoms with E-state index in [1.165, 1.54) is 4.90 Å². The summed E-state index contributed by atoms with van der Waals surface area (Å²) >= 11 is 5.85. The highest BCUT2D eigenvalue weighted by atomic mass is 35.5. The maximum atomic E-state index is 12.5. The number of carbonyl (C=O) groups excluding carboxylic acids is 3. The van der Waals surface area contributed by atoms with Crippen LogP contribution in [0.4, 0.5) is 5.69 Å². The Bertz CT molecular complexity index is 1090. The second kappa shape index (κ2) is 9.91. The maximum Gasteiger partial charge on any atom is 0.262 e. The average Bonchev–Trinajstić information content (AvgIpc) is 2.77. The van der Waals surface area contributed by atoms with Gasteiger partial charge in [0.25, 0.3) is 11.8 Å². The van der Waals surface area contributed by atoms with E-state index in [4.69, 9.17) is 16.3 Å². The number of benzene rings is 3. The minimum absolute atomic E-state index is 0.131. The first kappa shape index (κ1) is 22.1. The normalized spacial score (nSPS) is 10.3. The zero-order valence-corrected chi connectivity index (χ0v) is 17.8. The fraction of sp³-hybridized carbons (Fsp3) is 0.125. The minimum atomic E-state index is -0.365. The second-order valence-corrected chi connectivity index (χ2v) is 7.41. The Balaban J connectivity index is 1.56. The number of halogens is 1. The summed E-state index contributed by atoms with van der Waals surface area (Å²) < 4.78 is 5.50. The van der Waals surface area contributed by atoms with Gasteiger partial charge in [-0.2, -0.15) is 0 Å². The van der Waals surface area contributed by atoms with E-state index < -0.39 is 0 Å². The molecule has 158 valence electrons. The smallest absolute Gasteiger partial charge is 0.262 e. The maximum absolute atomic E-state index is 12.5. The van der Waals surface area contributed by atoms with Gasteiger partial charge < -0.3 is 15.0 Å². The van der Waals surface area contributed by atoms with Crippen LogP contribution < -0.4 is 10.1 Å². The minimum Gasteiger partial charge on any atom is -0.484 e. The van der Waals surface area contributed by atoms with Crippen molar-refractivity contribution in [3.63, 3.8) is 0 Å². The molecule has 3 aromatic rings. The van der Waals surface area contributed by atoms with Gasteiger partial charge in [0.05, 0.1) is 0 Å². The van der Waals surface area contributed by atoms with Crippen LogP contribution in [0.15, 0.2) is 72.8 Å². The number of anilines is 1. The van der Waals surface area contributed by atoms with Crippen LogP contribution in [0.25, 0.3) is 0 Å². The standard InChI is InChI=1S/C24H21ClN2O4/c1-27(2)24(30)18-4-3-5-20(14-18)26-22(28)15-31-21-12-8-17(9-13-21)23(29)16-6-10-19(25)11-7-16/h3-14H,15H2,1-2H3,(H,26,28). The number of hydrogen-bond acceptors (Lipinski definition) is 4. The summed E-state index contributed by atoms with van der Waals surface area (Å²) in [6, 6.07) is 19.9. The van der Waals surface area contributed by atoms with Gasteiger partial charge in [-0.05, 0) is 66.7 Å². The molecule has 0 spiro atoms. The molecule has 1 N–H and O–H groups in total. The molecule has 0 aliphatic rings. The van der Waals surface area contributed by atoms with E-state index in [-0.39, 0.29) is 24.2 Å². The van der Waals surface area contributed by atoms with Gasteiger partial charge in [-0.3, -0.25) is 14.4 Å². The molecule has 0 atom stereocenters. The van der Waals surface area contributed by atoms with E-state index in [0.29, 0.717) is 33.1 Å². The molecule has 0 saturated heterocycles. The number of nitrogens with one attached hydrogen (secondary N) is 1. The first-order chi connectivity index (χ1) is 14.8. The molecule has 0 aliphatic heterocycles. The third-order valence-electron chi connectivity index (χ3n) is 4.39. The Labute approximate surface area is 185 Å². The Morgan fingerprint density at radius 2 is 1.48 bits per heavy atom. The van der Waals surface area contributed by atoms with Crippen LogP contribution >= 0.6 is 11.6 Å². The summed E-state index contributed by atoms with van der Waals surface area (Å²) in [5.41, 5.74) is 2.02. The molecular formula is C24H21ClN2O4. The first-order valence-electron chi connectivity index (χ1n) is 9.48. The fourth-order valence-corrected chi connectivity index (χ4v) is 2.93. The number of rotatable bonds is 7. The summed E-state index contributed by atoms with van der Waals surface area (Å²) in [4.78, 5) is 38.2. The van der Waals surface area contributed by atoms with Crippen LogP contribution in [0.2, 0.25) is 5.02 Å². The lowest BCUT2D eigenvalue weighted by molar-refractivity contribution is -0.118. The van der Waals surface area contributed by atoms with Crippen molar-refractivity contribution in [3.05, 3.63) is 94.5 Å². The van der Waals surface area contributed by atoms with Crippen molar-refractivity contribution < 1.29 is 19.1 Å². The molecule has 2 amide bonds. The Kier molecular flexibility index (Phi) is 7.05. The van der Waals surface area contributed by atoms with Crippen LogP contribution in [0, 0.1) is 0 Å². The summed E-state index contributed by atoms with van der Waals surface area (Å²) in [6.45, 7) is -0.212. The highest BCUT2D eigenvalue weighted by molar-refractivity contribution is 6.30. The molecule has 3 aromatic carbocycles. The summed E-state index contributed by atoms with van der Waals surface area (Å²) in [6.07, 6.45) is 0. The van der Waals surface area contributed by atoms with Gasteiger partial charge in [0, 0.05) is 41.5 Å². The molecule has 3 rings (SSSR count). The molecule has 0 bridgehead atoms. The van der Waals surface area contributed by atoms with Gasteiger partial charge in [-0.15, -0.1) is 0 Å². The van der Waals surface area contributed by atoms with Gasteiger partial charge in [0.2, 0.25) is 0 Å². The SMILES string of the molecule is CN(C)C(=O)c1cccc(NC(=O)COc2ccc(C(=O)c3ccc(Cl)cc3)cc2)c1. The van der Waals surface area contributed by atoms with Crippen molar-refractivity contribution in [3.8, 4) is 5.75 Å². The predicted octanol–water partition coefficient (Wildman–Crippen LogP) is 4.29. The highest BCUT2D eigenvalue weighted by Gasteiger charge is 2.11. The topological polar surface area (TPSA) is 75.7 Å². The monoisotopic (exact) mass is 436 g/mol. The molecule has 0 aromatic heterocycles. The second-order valence-electron chi connectivity index (χ2n) is 6.98. The van der Waals surface area contributed by atoms with Crippen LogP contribution in [-0.4, -0.2) is 43.2 Å². The fourth-order valence-electron chi connectivity index (χ4n) is 2.80. The number of nitrogens with zero attached hydrogens (tertiary/aromatic N) is 1. The van der Waals surface area contributed by atoms with E-state index in [1.54, 1.807) is 86.9 Å². The third kappa shape index (κ3) is 5.93. The van der Waals surface area contributed by atoms with Crippen LogP contribution in [0.5, 0.6) is 5.75 Å². The Morgan fingerprint density at radius 3 is 2.10 bits per heavy atom. The first-order valence-corrected chi connectivity index (χ1v) is 9.86. The average molecular weight is 437 g/mol. The van der Waals surface area contributed by atoms with Crippen LogP contribution in [0.3, 0.4) is 0 Å². The van der Waals surface area contributed by atoms with E-state index in [0.717, 1.165) is 0 Å². The van der Waals surface area contributed by atoms with E-state index >= 15 is 0 Å². The van der Waals surface area contributed by atoms with Crippen molar-refractivity contribution in [2.45, 2.75) is 0 Å². The molecule has 0 unspecified atom stereocenters. The van der Waals surface area contributed by atoms with Crippen molar-refractivity contribution in [1.82, 2.24) is 4.90 Å². The Morgan fingerprint density at radius 1 is 0.871 bits per heavy atom. The molecule has 0 saturated carbocycles. The van der Waals surface area contributed by atoms with Crippen LogP contribution in [-0.2, 0) is 4.79 Å². The predicted molar refractivity (Wildman–Crippen MR) is 120 cm³/mol. The lowest BCUT2D eigenvalue weighted by Crippen LogP contribution is -2.23. The molecule has 0 heterocycles. The lowest BCUT2D eigenvalue weighted by Gasteiger charge is -2.12.